The van der Waals surface area contributed by atoms with Gasteiger partial charge in [-0.1, -0.05) is 0 Å². The van der Waals surface area contributed by atoms with Crippen molar-refractivity contribution >= 4 is 10.9 Å². The summed E-state index contributed by atoms with van der Waals surface area (Å²) in [6.07, 6.45) is 3.69. The lowest BCUT2D eigenvalue weighted by Gasteiger charge is -2.26. The molecular weight excluding hydrogens is 248 g/mol. The van der Waals surface area contributed by atoms with Crippen molar-refractivity contribution in [3.05, 3.63) is 29.5 Å². The number of benzene rings is 1. The molecule has 0 N–H and O–H groups in total. The molecule has 1 heterocycles. The van der Waals surface area contributed by atoms with Crippen molar-refractivity contribution < 1.29 is 4.74 Å². The van der Waals surface area contributed by atoms with E-state index in [1.165, 1.54) is 42.4 Å². The molecule has 1 aromatic heterocycles. The van der Waals surface area contributed by atoms with E-state index < -0.39 is 0 Å². The molecule has 0 fully saturated rings. The summed E-state index contributed by atoms with van der Waals surface area (Å²) in [5.74, 6) is 1.73. The SMILES string of the molecule is COc1ccc2c(c1)c1c(n2C)CCC(CN(C)C)C1. The van der Waals surface area contributed by atoms with Gasteiger partial charge in [-0.3, -0.25) is 0 Å². The molecule has 0 saturated heterocycles. The maximum atomic E-state index is 5.40. The van der Waals surface area contributed by atoms with Gasteiger partial charge >= 0.3 is 0 Å². The van der Waals surface area contributed by atoms with Crippen molar-refractivity contribution in [3.8, 4) is 5.75 Å². The first-order valence-electron chi connectivity index (χ1n) is 7.39. The first-order chi connectivity index (χ1) is 9.60. The molecule has 1 aromatic carbocycles. The van der Waals surface area contributed by atoms with Gasteiger partial charge in [0.05, 0.1) is 7.11 Å². The number of hydrogen-bond acceptors (Lipinski definition) is 2. The third-order valence-corrected chi connectivity index (χ3v) is 4.55. The second-order valence-electron chi connectivity index (χ2n) is 6.24. The highest BCUT2D eigenvalue weighted by atomic mass is 16.5. The summed E-state index contributed by atoms with van der Waals surface area (Å²) in [7, 11) is 8.27. The van der Waals surface area contributed by atoms with Gasteiger partial charge in [0, 0.05) is 30.2 Å². The number of fused-ring (bicyclic) bond motifs is 3. The van der Waals surface area contributed by atoms with Gasteiger partial charge in [-0.2, -0.15) is 0 Å². The first-order valence-corrected chi connectivity index (χ1v) is 7.39. The lowest BCUT2D eigenvalue weighted by molar-refractivity contribution is 0.301. The van der Waals surface area contributed by atoms with Gasteiger partial charge < -0.3 is 14.2 Å². The monoisotopic (exact) mass is 272 g/mol. The van der Waals surface area contributed by atoms with Crippen LogP contribution in [0, 0.1) is 5.92 Å². The van der Waals surface area contributed by atoms with Crippen molar-refractivity contribution in [3.63, 3.8) is 0 Å². The zero-order chi connectivity index (χ0) is 14.3. The standard InChI is InChI=1S/C17H24N2O/c1-18(2)11-12-5-7-16-14(9-12)15-10-13(20-4)6-8-17(15)19(16)3/h6,8,10,12H,5,7,9,11H2,1-4H3. The van der Waals surface area contributed by atoms with Gasteiger partial charge in [0.1, 0.15) is 5.75 Å². The fraction of sp³-hybridized carbons (Fsp3) is 0.529. The van der Waals surface area contributed by atoms with Gasteiger partial charge in [0.2, 0.25) is 0 Å². The molecule has 0 bridgehead atoms. The van der Waals surface area contributed by atoms with E-state index in [9.17, 15) is 0 Å². The smallest absolute Gasteiger partial charge is 0.119 e. The van der Waals surface area contributed by atoms with Crippen molar-refractivity contribution in [2.75, 3.05) is 27.7 Å². The molecule has 1 unspecified atom stereocenters. The van der Waals surface area contributed by atoms with E-state index in [2.05, 4.69) is 48.8 Å². The summed E-state index contributed by atoms with van der Waals surface area (Å²) in [6.45, 7) is 1.18. The van der Waals surface area contributed by atoms with E-state index in [1.807, 2.05) is 0 Å². The Morgan fingerprint density at radius 1 is 1.35 bits per heavy atom. The molecule has 0 saturated carbocycles. The van der Waals surface area contributed by atoms with E-state index in [0.717, 1.165) is 11.7 Å². The average molecular weight is 272 g/mol. The number of hydrogen-bond donors (Lipinski definition) is 0. The number of nitrogens with zero attached hydrogens (tertiary/aromatic N) is 2. The van der Waals surface area contributed by atoms with Crippen LogP contribution in [0.3, 0.4) is 0 Å². The molecule has 0 radical (unpaired) electrons. The molecule has 0 aliphatic heterocycles. The Bertz CT molecular complexity index is 627. The molecule has 3 rings (SSSR count). The Morgan fingerprint density at radius 3 is 2.85 bits per heavy atom. The minimum absolute atomic E-state index is 0.773. The van der Waals surface area contributed by atoms with Crippen LogP contribution in [0.2, 0.25) is 0 Å². The van der Waals surface area contributed by atoms with Crippen LogP contribution in [-0.4, -0.2) is 37.2 Å². The quantitative estimate of drug-likeness (QED) is 0.855. The van der Waals surface area contributed by atoms with Crippen LogP contribution in [0.15, 0.2) is 18.2 Å². The molecule has 20 heavy (non-hydrogen) atoms. The Balaban J connectivity index is 2.04. The van der Waals surface area contributed by atoms with E-state index in [1.54, 1.807) is 12.7 Å². The first kappa shape index (κ1) is 13.5. The van der Waals surface area contributed by atoms with Gasteiger partial charge in [0.15, 0.2) is 0 Å². The molecule has 0 amide bonds. The minimum Gasteiger partial charge on any atom is -0.497 e. The van der Waals surface area contributed by atoms with Crippen molar-refractivity contribution in [1.29, 1.82) is 0 Å². The van der Waals surface area contributed by atoms with E-state index in [0.29, 0.717) is 0 Å². The summed E-state index contributed by atoms with van der Waals surface area (Å²) >= 11 is 0. The van der Waals surface area contributed by atoms with E-state index in [4.69, 9.17) is 4.74 Å². The van der Waals surface area contributed by atoms with Crippen LogP contribution in [0.5, 0.6) is 5.75 Å². The summed E-state index contributed by atoms with van der Waals surface area (Å²) in [4.78, 5) is 2.31. The van der Waals surface area contributed by atoms with Gasteiger partial charge in [-0.15, -0.1) is 0 Å². The Hall–Kier alpha value is -1.48. The van der Waals surface area contributed by atoms with Crippen LogP contribution in [0.4, 0.5) is 0 Å². The molecule has 0 spiro atoms. The zero-order valence-corrected chi connectivity index (χ0v) is 12.9. The zero-order valence-electron chi connectivity index (χ0n) is 12.9. The molecular formula is C17H24N2O. The number of methoxy groups -OCH3 is 1. The van der Waals surface area contributed by atoms with Crippen LogP contribution in [-0.2, 0) is 19.9 Å². The number of ether oxygens (including phenoxy) is 1. The third kappa shape index (κ3) is 2.20. The second kappa shape index (κ2) is 5.13. The lowest BCUT2D eigenvalue weighted by Crippen LogP contribution is -2.26. The summed E-state index contributed by atoms with van der Waals surface area (Å²) in [5.41, 5.74) is 4.39. The molecule has 3 nitrogen and oxygen atoms in total. The Kier molecular flexibility index (Phi) is 3.47. The number of aryl methyl sites for hydroxylation is 1. The molecule has 1 atom stereocenters. The second-order valence-corrected chi connectivity index (χ2v) is 6.24. The fourth-order valence-electron chi connectivity index (χ4n) is 3.63. The van der Waals surface area contributed by atoms with Crippen LogP contribution < -0.4 is 4.74 Å². The Labute approximate surface area is 121 Å². The normalized spacial score (nSPS) is 18.6. The van der Waals surface area contributed by atoms with E-state index >= 15 is 0 Å². The molecule has 1 aliphatic rings. The van der Waals surface area contributed by atoms with Crippen molar-refractivity contribution in [2.24, 2.45) is 13.0 Å². The summed E-state index contributed by atoms with van der Waals surface area (Å²) < 4.78 is 7.77. The maximum absolute atomic E-state index is 5.40. The van der Waals surface area contributed by atoms with Crippen LogP contribution in [0.25, 0.3) is 10.9 Å². The molecule has 3 heteroatoms. The third-order valence-electron chi connectivity index (χ3n) is 4.55. The van der Waals surface area contributed by atoms with Crippen molar-refractivity contribution in [1.82, 2.24) is 9.47 Å². The summed E-state index contributed by atoms with van der Waals surface area (Å²) in [5, 5.41) is 1.38. The maximum Gasteiger partial charge on any atom is 0.119 e. The van der Waals surface area contributed by atoms with Crippen LogP contribution >= 0.6 is 0 Å². The average Bonchev–Trinajstić information content (AvgIpc) is 2.71. The molecule has 1 aliphatic carbocycles. The molecule has 108 valence electrons. The minimum atomic E-state index is 0.773. The highest BCUT2D eigenvalue weighted by Crippen LogP contribution is 2.35. The number of rotatable bonds is 3. The Morgan fingerprint density at radius 2 is 2.15 bits per heavy atom. The highest BCUT2D eigenvalue weighted by molar-refractivity contribution is 5.87. The van der Waals surface area contributed by atoms with Crippen LogP contribution in [0.1, 0.15) is 17.7 Å². The summed E-state index contributed by atoms with van der Waals surface area (Å²) in [6, 6.07) is 6.45. The van der Waals surface area contributed by atoms with E-state index in [-0.39, 0.29) is 0 Å². The van der Waals surface area contributed by atoms with Crippen molar-refractivity contribution in [2.45, 2.75) is 19.3 Å². The van der Waals surface area contributed by atoms with Gasteiger partial charge in [0.25, 0.3) is 0 Å². The van der Waals surface area contributed by atoms with Gasteiger partial charge in [-0.25, -0.2) is 0 Å². The number of aromatic nitrogens is 1. The highest BCUT2D eigenvalue weighted by Gasteiger charge is 2.24. The lowest BCUT2D eigenvalue weighted by atomic mass is 9.86. The molecule has 2 aromatic rings. The largest absolute Gasteiger partial charge is 0.497 e. The predicted molar refractivity (Wildman–Crippen MR) is 83.5 cm³/mol. The van der Waals surface area contributed by atoms with Gasteiger partial charge in [-0.05, 0) is 63.0 Å². The predicted octanol–water partition coefficient (Wildman–Crippen LogP) is 2.85. The fourth-order valence-corrected chi connectivity index (χ4v) is 3.63. The topological polar surface area (TPSA) is 17.4 Å².